The molecule has 0 N–H and O–H groups in total. The smallest absolute Gasteiger partial charge is 0.353 e. The third kappa shape index (κ3) is 3.11. The third-order valence-corrected chi connectivity index (χ3v) is 3.51. The Bertz CT molecular complexity index is 462. The molecular weight excluding hydrogens is 279 g/mol. The Labute approximate surface area is 114 Å². The van der Waals surface area contributed by atoms with E-state index in [0.29, 0.717) is 12.5 Å². The highest BCUT2D eigenvalue weighted by Crippen LogP contribution is 2.33. The summed E-state index contributed by atoms with van der Waals surface area (Å²) in [6.07, 6.45) is -2.60. The molecule has 2 heterocycles. The predicted molar refractivity (Wildman–Crippen MR) is 67.3 cm³/mol. The van der Waals surface area contributed by atoms with Gasteiger partial charge in [-0.15, -0.1) is 0 Å². The van der Waals surface area contributed by atoms with Crippen molar-refractivity contribution in [3.05, 3.63) is 17.0 Å². The molecule has 2 rings (SSSR count). The first-order valence-corrected chi connectivity index (χ1v) is 6.55. The fourth-order valence-corrected chi connectivity index (χ4v) is 2.65. The molecule has 1 aromatic heterocycles. The van der Waals surface area contributed by atoms with E-state index in [1.807, 2.05) is 4.90 Å². The topological polar surface area (TPSA) is 29.0 Å². The maximum absolute atomic E-state index is 12.7. The van der Waals surface area contributed by atoms with Crippen LogP contribution < -0.4 is 4.90 Å². The second kappa shape index (κ2) is 5.15. The minimum absolute atomic E-state index is 0.201. The van der Waals surface area contributed by atoms with Crippen molar-refractivity contribution in [2.45, 2.75) is 38.9 Å². The van der Waals surface area contributed by atoms with Gasteiger partial charge in [-0.2, -0.15) is 13.2 Å². The minimum atomic E-state index is -4.51. The summed E-state index contributed by atoms with van der Waals surface area (Å²) < 4.78 is 38.2. The lowest BCUT2D eigenvalue weighted by molar-refractivity contribution is -0.141. The molecule has 1 aliphatic heterocycles. The van der Waals surface area contributed by atoms with Crippen molar-refractivity contribution >= 4 is 17.4 Å². The zero-order valence-corrected chi connectivity index (χ0v) is 11.5. The molecule has 3 nitrogen and oxygen atoms in total. The normalized spacial score (nSPS) is 20.4. The highest BCUT2D eigenvalue weighted by molar-refractivity contribution is 6.28. The van der Waals surface area contributed by atoms with Crippen LogP contribution in [0.1, 0.15) is 32.4 Å². The Kier molecular flexibility index (Phi) is 3.90. The number of nitrogens with zero attached hydrogens (tertiary/aromatic N) is 3. The predicted octanol–water partition coefficient (Wildman–Crippen LogP) is 3.77. The summed E-state index contributed by atoms with van der Waals surface area (Å²) >= 11 is 5.61. The molecule has 0 aromatic carbocycles. The fraction of sp³-hybridized carbons (Fsp3) is 0.667. The van der Waals surface area contributed by atoms with E-state index >= 15 is 0 Å². The van der Waals surface area contributed by atoms with Crippen molar-refractivity contribution in [3.8, 4) is 0 Å². The lowest BCUT2D eigenvalue weighted by Crippen LogP contribution is -2.34. The van der Waals surface area contributed by atoms with E-state index in [9.17, 15) is 13.2 Å². The van der Waals surface area contributed by atoms with E-state index in [1.54, 1.807) is 0 Å². The average Bonchev–Trinajstić information content (AvgIpc) is 2.75. The molecule has 1 aliphatic rings. The Morgan fingerprint density at radius 3 is 2.63 bits per heavy atom. The van der Waals surface area contributed by atoms with Crippen LogP contribution in [0.15, 0.2) is 6.07 Å². The Hall–Kier alpha value is -1.04. The first kappa shape index (κ1) is 14.4. The highest BCUT2D eigenvalue weighted by Gasteiger charge is 2.35. The molecule has 106 valence electrons. The summed E-state index contributed by atoms with van der Waals surface area (Å²) in [6, 6.07) is 1.18. The van der Waals surface area contributed by atoms with Crippen LogP contribution >= 0.6 is 11.6 Å². The summed E-state index contributed by atoms with van der Waals surface area (Å²) in [5.41, 5.74) is -0.989. The molecule has 7 heteroatoms. The van der Waals surface area contributed by atoms with Gasteiger partial charge in [-0.05, 0) is 30.4 Å². The van der Waals surface area contributed by atoms with Crippen LogP contribution in [0.2, 0.25) is 5.28 Å². The summed E-state index contributed by atoms with van der Waals surface area (Å²) in [6.45, 7) is 4.81. The lowest BCUT2D eigenvalue weighted by Gasteiger charge is -2.29. The summed E-state index contributed by atoms with van der Waals surface area (Å²) in [7, 11) is 0. The van der Waals surface area contributed by atoms with E-state index in [1.165, 1.54) is 0 Å². The lowest BCUT2D eigenvalue weighted by atomic mass is 10.0. The number of hydrogen-bond acceptors (Lipinski definition) is 3. The zero-order chi connectivity index (χ0) is 14.2. The molecular formula is C12H15ClF3N3. The molecule has 0 amide bonds. The molecule has 1 aromatic rings. The first-order chi connectivity index (χ1) is 8.79. The van der Waals surface area contributed by atoms with Gasteiger partial charge in [0.25, 0.3) is 0 Å². The van der Waals surface area contributed by atoms with E-state index in [2.05, 4.69) is 23.8 Å². The van der Waals surface area contributed by atoms with Crippen molar-refractivity contribution in [1.82, 2.24) is 9.97 Å². The first-order valence-electron chi connectivity index (χ1n) is 6.17. The Morgan fingerprint density at radius 2 is 2.05 bits per heavy atom. The molecule has 0 radical (unpaired) electrons. The molecule has 1 fully saturated rings. The fourth-order valence-electron chi connectivity index (χ4n) is 2.47. The van der Waals surface area contributed by atoms with Crippen LogP contribution in [-0.2, 0) is 6.18 Å². The van der Waals surface area contributed by atoms with Crippen molar-refractivity contribution < 1.29 is 13.2 Å². The van der Waals surface area contributed by atoms with Gasteiger partial charge >= 0.3 is 6.18 Å². The SMILES string of the molecule is CC(C)C1CCCN1c1cc(C(F)(F)F)nc(Cl)n1. The van der Waals surface area contributed by atoms with Crippen LogP contribution in [0.4, 0.5) is 19.0 Å². The second-order valence-electron chi connectivity index (χ2n) is 5.03. The van der Waals surface area contributed by atoms with Gasteiger partial charge in [-0.3, -0.25) is 0 Å². The number of hydrogen-bond donors (Lipinski definition) is 0. The molecule has 1 atom stereocenters. The van der Waals surface area contributed by atoms with Gasteiger partial charge in [0.15, 0.2) is 5.69 Å². The molecule has 0 saturated carbocycles. The second-order valence-corrected chi connectivity index (χ2v) is 5.36. The highest BCUT2D eigenvalue weighted by atomic mass is 35.5. The van der Waals surface area contributed by atoms with E-state index in [0.717, 1.165) is 18.9 Å². The average molecular weight is 294 g/mol. The van der Waals surface area contributed by atoms with Crippen molar-refractivity contribution in [2.75, 3.05) is 11.4 Å². The van der Waals surface area contributed by atoms with Crippen LogP contribution in [-0.4, -0.2) is 22.6 Å². The van der Waals surface area contributed by atoms with Crippen molar-refractivity contribution in [3.63, 3.8) is 0 Å². The molecule has 19 heavy (non-hydrogen) atoms. The van der Waals surface area contributed by atoms with Crippen LogP contribution in [0.3, 0.4) is 0 Å². The standard InChI is InChI=1S/C12H15ClF3N3/c1-7(2)8-4-3-5-19(8)10-6-9(12(14,15)16)17-11(13)18-10/h6-8H,3-5H2,1-2H3. The number of anilines is 1. The molecule has 0 aliphatic carbocycles. The van der Waals surface area contributed by atoms with Gasteiger partial charge < -0.3 is 4.90 Å². The summed E-state index contributed by atoms with van der Waals surface area (Å²) in [4.78, 5) is 9.09. The van der Waals surface area contributed by atoms with Gasteiger partial charge in [-0.25, -0.2) is 9.97 Å². The third-order valence-electron chi connectivity index (χ3n) is 3.34. The van der Waals surface area contributed by atoms with Crippen LogP contribution in [0, 0.1) is 5.92 Å². The largest absolute Gasteiger partial charge is 0.433 e. The molecule has 1 saturated heterocycles. The maximum atomic E-state index is 12.7. The molecule has 0 spiro atoms. The van der Waals surface area contributed by atoms with Crippen molar-refractivity contribution in [1.29, 1.82) is 0 Å². The number of alkyl halides is 3. The number of aromatic nitrogens is 2. The Morgan fingerprint density at radius 1 is 1.37 bits per heavy atom. The monoisotopic (exact) mass is 293 g/mol. The number of halogens is 4. The van der Waals surface area contributed by atoms with Crippen LogP contribution in [0.25, 0.3) is 0 Å². The number of rotatable bonds is 2. The maximum Gasteiger partial charge on any atom is 0.433 e. The molecule has 0 bridgehead atoms. The van der Waals surface area contributed by atoms with E-state index in [4.69, 9.17) is 11.6 Å². The minimum Gasteiger partial charge on any atom is -0.353 e. The summed E-state index contributed by atoms with van der Waals surface area (Å²) in [5, 5.41) is -0.362. The zero-order valence-electron chi connectivity index (χ0n) is 10.7. The van der Waals surface area contributed by atoms with Crippen molar-refractivity contribution in [2.24, 2.45) is 5.92 Å². The van der Waals surface area contributed by atoms with Gasteiger partial charge in [0.2, 0.25) is 5.28 Å². The van der Waals surface area contributed by atoms with Gasteiger partial charge in [-0.1, -0.05) is 13.8 Å². The summed E-state index contributed by atoms with van der Waals surface area (Å²) in [5.74, 6) is 0.620. The van der Waals surface area contributed by atoms with Crippen LogP contribution in [0.5, 0.6) is 0 Å². The van der Waals surface area contributed by atoms with E-state index < -0.39 is 11.9 Å². The quantitative estimate of drug-likeness (QED) is 0.777. The van der Waals surface area contributed by atoms with E-state index in [-0.39, 0.29) is 17.1 Å². The Balaban J connectivity index is 2.37. The molecule has 1 unspecified atom stereocenters. The van der Waals surface area contributed by atoms with Gasteiger partial charge in [0.05, 0.1) is 0 Å². The van der Waals surface area contributed by atoms with Gasteiger partial charge in [0, 0.05) is 18.7 Å². The van der Waals surface area contributed by atoms with Gasteiger partial charge in [0.1, 0.15) is 5.82 Å².